The molecule has 1 aromatic carbocycles. The van der Waals surface area contributed by atoms with Gasteiger partial charge >= 0.3 is 6.61 Å². The summed E-state index contributed by atoms with van der Waals surface area (Å²) in [4.78, 5) is 0. The predicted octanol–water partition coefficient (Wildman–Crippen LogP) is 3.82. The lowest BCUT2D eigenvalue weighted by atomic mass is 10.1. The van der Waals surface area contributed by atoms with Crippen molar-refractivity contribution in [3.8, 4) is 17.0 Å². The molecule has 2 aromatic rings. The number of para-hydroxylation sites is 1. The van der Waals surface area contributed by atoms with Crippen molar-refractivity contribution in [1.29, 1.82) is 0 Å². The number of hydrogen-bond acceptors (Lipinski definition) is 3. The molecule has 18 heavy (non-hydrogen) atoms. The summed E-state index contributed by atoms with van der Waals surface area (Å²) >= 11 is 0. The lowest BCUT2D eigenvalue weighted by molar-refractivity contribution is -0.0494. The minimum Gasteiger partial charge on any atom is -0.434 e. The van der Waals surface area contributed by atoms with Gasteiger partial charge in [-0.3, -0.25) is 0 Å². The van der Waals surface area contributed by atoms with Crippen molar-refractivity contribution in [2.45, 2.75) is 25.4 Å². The summed E-state index contributed by atoms with van der Waals surface area (Å²) in [6, 6.07) is 8.37. The summed E-state index contributed by atoms with van der Waals surface area (Å²) < 4.78 is 34.3. The zero-order valence-electron chi connectivity index (χ0n) is 9.48. The Hall–Kier alpha value is -1.91. The molecule has 0 aliphatic heterocycles. The minimum atomic E-state index is -2.85. The third-order valence-corrected chi connectivity index (χ3v) is 2.89. The number of alkyl halides is 2. The number of ether oxygens (including phenoxy) is 1. The number of aromatic nitrogens is 1. The van der Waals surface area contributed by atoms with Crippen LogP contribution in [-0.2, 0) is 0 Å². The van der Waals surface area contributed by atoms with Gasteiger partial charge in [-0.2, -0.15) is 8.78 Å². The van der Waals surface area contributed by atoms with Crippen LogP contribution in [0.15, 0.2) is 34.9 Å². The predicted molar refractivity (Wildman–Crippen MR) is 60.5 cm³/mol. The van der Waals surface area contributed by atoms with E-state index >= 15 is 0 Å². The van der Waals surface area contributed by atoms with Crippen molar-refractivity contribution in [1.82, 2.24) is 5.16 Å². The molecule has 0 unspecified atom stereocenters. The maximum absolute atomic E-state index is 12.3. The van der Waals surface area contributed by atoms with Crippen molar-refractivity contribution in [2.24, 2.45) is 0 Å². The summed E-state index contributed by atoms with van der Waals surface area (Å²) in [5.41, 5.74) is 1.06. The standard InChI is InChI=1S/C13H11F2NO2/c14-13(15)17-11-4-2-1-3-9(11)10-7-12(18-16-10)8-5-6-8/h1-4,7-8,13H,5-6H2. The average Bonchev–Trinajstić information content (AvgIpc) is 3.08. The molecule has 1 aliphatic rings. The second kappa shape index (κ2) is 4.40. The van der Waals surface area contributed by atoms with E-state index in [0.29, 0.717) is 17.2 Å². The normalized spacial score (nSPS) is 15.1. The Balaban J connectivity index is 1.93. The van der Waals surface area contributed by atoms with E-state index in [1.54, 1.807) is 24.3 Å². The number of halogens is 2. The van der Waals surface area contributed by atoms with Crippen molar-refractivity contribution >= 4 is 0 Å². The molecule has 0 spiro atoms. The van der Waals surface area contributed by atoms with Gasteiger partial charge in [0.2, 0.25) is 0 Å². The lowest BCUT2D eigenvalue weighted by Gasteiger charge is -2.07. The Morgan fingerprint density at radius 3 is 2.78 bits per heavy atom. The van der Waals surface area contributed by atoms with Gasteiger partial charge < -0.3 is 9.26 Å². The molecule has 0 atom stereocenters. The van der Waals surface area contributed by atoms with Crippen molar-refractivity contribution in [2.75, 3.05) is 0 Å². The van der Waals surface area contributed by atoms with Gasteiger partial charge in [0, 0.05) is 17.5 Å². The maximum Gasteiger partial charge on any atom is 0.387 e. The Bertz CT molecular complexity index is 549. The molecule has 1 heterocycles. The molecule has 94 valence electrons. The Kier molecular flexibility index (Phi) is 2.74. The van der Waals surface area contributed by atoms with Crippen LogP contribution < -0.4 is 4.74 Å². The van der Waals surface area contributed by atoms with Crippen LogP contribution in [0.1, 0.15) is 24.5 Å². The summed E-state index contributed by atoms with van der Waals surface area (Å²) in [5, 5.41) is 3.92. The molecule has 1 aromatic heterocycles. The van der Waals surface area contributed by atoms with Crippen molar-refractivity contribution < 1.29 is 18.0 Å². The van der Waals surface area contributed by atoms with Gasteiger partial charge in [-0.15, -0.1) is 0 Å². The molecule has 0 radical (unpaired) electrons. The van der Waals surface area contributed by atoms with E-state index in [4.69, 9.17) is 4.52 Å². The Morgan fingerprint density at radius 2 is 2.06 bits per heavy atom. The molecule has 1 fully saturated rings. The van der Waals surface area contributed by atoms with Crippen LogP contribution in [0.3, 0.4) is 0 Å². The first-order valence-electron chi connectivity index (χ1n) is 5.75. The monoisotopic (exact) mass is 251 g/mol. The zero-order valence-corrected chi connectivity index (χ0v) is 9.48. The summed E-state index contributed by atoms with van der Waals surface area (Å²) in [5.74, 6) is 1.37. The third-order valence-electron chi connectivity index (χ3n) is 2.89. The van der Waals surface area contributed by atoms with E-state index in [2.05, 4.69) is 9.89 Å². The van der Waals surface area contributed by atoms with Crippen molar-refractivity contribution in [3.05, 3.63) is 36.1 Å². The summed E-state index contributed by atoms with van der Waals surface area (Å²) in [7, 11) is 0. The van der Waals surface area contributed by atoms with Gasteiger partial charge in [-0.05, 0) is 25.0 Å². The van der Waals surface area contributed by atoms with E-state index in [9.17, 15) is 8.78 Å². The first-order valence-corrected chi connectivity index (χ1v) is 5.75. The zero-order chi connectivity index (χ0) is 12.5. The summed E-state index contributed by atoms with van der Waals surface area (Å²) in [6.45, 7) is -2.85. The number of rotatable bonds is 4. The number of hydrogen-bond donors (Lipinski definition) is 0. The van der Waals surface area contributed by atoms with Gasteiger partial charge in [-0.25, -0.2) is 0 Å². The summed E-state index contributed by atoms with van der Waals surface area (Å²) in [6.07, 6.45) is 2.20. The lowest BCUT2D eigenvalue weighted by Crippen LogP contribution is -2.02. The Labute approximate surface area is 102 Å². The second-order valence-corrected chi connectivity index (χ2v) is 4.26. The fourth-order valence-corrected chi connectivity index (χ4v) is 1.85. The third kappa shape index (κ3) is 2.20. The molecule has 3 nitrogen and oxygen atoms in total. The first-order chi connectivity index (χ1) is 8.74. The van der Waals surface area contributed by atoms with Crippen LogP contribution >= 0.6 is 0 Å². The SMILES string of the molecule is FC(F)Oc1ccccc1-c1cc(C2CC2)on1. The number of nitrogens with zero attached hydrogens (tertiary/aromatic N) is 1. The second-order valence-electron chi connectivity index (χ2n) is 4.26. The highest BCUT2D eigenvalue weighted by Crippen LogP contribution is 2.42. The molecule has 0 saturated heterocycles. The molecule has 0 N–H and O–H groups in total. The van der Waals surface area contributed by atoms with Gasteiger partial charge in [-0.1, -0.05) is 17.3 Å². The van der Waals surface area contributed by atoms with Crippen LogP contribution in [0.5, 0.6) is 5.75 Å². The first kappa shape index (κ1) is 11.2. The molecule has 3 rings (SSSR count). The number of benzene rings is 1. The quantitative estimate of drug-likeness (QED) is 0.828. The van der Waals surface area contributed by atoms with E-state index < -0.39 is 6.61 Å². The molecular weight excluding hydrogens is 240 g/mol. The maximum atomic E-state index is 12.3. The van der Waals surface area contributed by atoms with Crippen LogP contribution in [0, 0.1) is 0 Å². The van der Waals surface area contributed by atoms with E-state index in [1.807, 2.05) is 0 Å². The Morgan fingerprint density at radius 1 is 1.28 bits per heavy atom. The minimum absolute atomic E-state index is 0.114. The highest BCUT2D eigenvalue weighted by Gasteiger charge is 2.28. The van der Waals surface area contributed by atoms with Crippen LogP contribution in [-0.4, -0.2) is 11.8 Å². The molecule has 1 aliphatic carbocycles. The fourth-order valence-electron chi connectivity index (χ4n) is 1.85. The van der Waals surface area contributed by atoms with Crippen LogP contribution in [0.4, 0.5) is 8.78 Å². The average molecular weight is 251 g/mol. The molecule has 5 heteroatoms. The molecule has 0 amide bonds. The molecule has 1 saturated carbocycles. The van der Waals surface area contributed by atoms with Crippen molar-refractivity contribution in [3.63, 3.8) is 0 Å². The molecule has 0 bridgehead atoms. The highest BCUT2D eigenvalue weighted by atomic mass is 19.3. The van der Waals surface area contributed by atoms with Gasteiger partial charge in [0.1, 0.15) is 17.2 Å². The van der Waals surface area contributed by atoms with E-state index in [1.165, 1.54) is 6.07 Å². The van der Waals surface area contributed by atoms with E-state index in [-0.39, 0.29) is 5.75 Å². The smallest absolute Gasteiger partial charge is 0.387 e. The largest absolute Gasteiger partial charge is 0.434 e. The van der Waals surface area contributed by atoms with Gasteiger partial charge in [0.05, 0.1) is 0 Å². The van der Waals surface area contributed by atoms with Crippen LogP contribution in [0.2, 0.25) is 0 Å². The van der Waals surface area contributed by atoms with E-state index in [0.717, 1.165) is 18.6 Å². The topological polar surface area (TPSA) is 35.3 Å². The van der Waals surface area contributed by atoms with Gasteiger partial charge in [0.15, 0.2) is 0 Å². The fraction of sp³-hybridized carbons (Fsp3) is 0.308. The highest BCUT2D eigenvalue weighted by molar-refractivity contribution is 5.67. The molecular formula is C13H11F2NO2. The van der Waals surface area contributed by atoms with Gasteiger partial charge in [0.25, 0.3) is 0 Å². The van der Waals surface area contributed by atoms with Crippen LogP contribution in [0.25, 0.3) is 11.3 Å².